The minimum atomic E-state index is -0.489. The maximum Gasteiger partial charge on any atom is 0.227 e. The summed E-state index contributed by atoms with van der Waals surface area (Å²) in [5, 5.41) is 2.81. The van der Waals surface area contributed by atoms with Gasteiger partial charge in [0.1, 0.15) is 5.82 Å². The van der Waals surface area contributed by atoms with Gasteiger partial charge in [0.15, 0.2) is 0 Å². The molecule has 0 aliphatic heterocycles. The van der Waals surface area contributed by atoms with E-state index in [-0.39, 0.29) is 16.8 Å². The number of hydrogen-bond donors (Lipinski definition) is 1. The molecule has 1 aliphatic rings. The van der Waals surface area contributed by atoms with Crippen LogP contribution in [0.5, 0.6) is 0 Å². The van der Waals surface area contributed by atoms with Crippen LogP contribution in [0.25, 0.3) is 0 Å². The number of aryl methyl sites for hydroxylation is 1. The minimum Gasteiger partial charge on any atom is -0.326 e. The largest absolute Gasteiger partial charge is 0.326 e. The van der Waals surface area contributed by atoms with Crippen LogP contribution in [0.3, 0.4) is 0 Å². The molecule has 0 saturated carbocycles. The lowest BCUT2D eigenvalue weighted by molar-refractivity contribution is -0.120. The summed E-state index contributed by atoms with van der Waals surface area (Å²) >= 11 is 7.30. The summed E-state index contributed by atoms with van der Waals surface area (Å²) in [4.78, 5) is 17.7. The number of nitrogens with one attached hydrogen (secondary N) is 1. The molecule has 0 saturated heterocycles. The predicted molar refractivity (Wildman–Crippen MR) is 77.7 cm³/mol. The molecule has 1 aliphatic carbocycles. The van der Waals surface area contributed by atoms with E-state index in [2.05, 4.69) is 10.3 Å². The highest BCUT2D eigenvalue weighted by Crippen LogP contribution is 2.29. The first-order valence-electron chi connectivity index (χ1n) is 6.30. The van der Waals surface area contributed by atoms with E-state index in [1.165, 1.54) is 23.1 Å². The van der Waals surface area contributed by atoms with Crippen molar-refractivity contribution in [1.82, 2.24) is 4.98 Å². The van der Waals surface area contributed by atoms with Crippen molar-refractivity contribution in [3.8, 4) is 0 Å². The van der Waals surface area contributed by atoms with Gasteiger partial charge in [-0.2, -0.15) is 0 Å². The number of thiazole rings is 1. The molecule has 1 atom stereocenters. The van der Waals surface area contributed by atoms with Crippen LogP contribution in [0.4, 0.5) is 10.1 Å². The fraction of sp³-hybridized carbons (Fsp3) is 0.286. The number of fused-ring (bicyclic) bond motifs is 1. The molecular weight excluding hydrogens is 299 g/mol. The molecule has 1 unspecified atom stereocenters. The van der Waals surface area contributed by atoms with Crippen molar-refractivity contribution in [2.75, 3.05) is 5.32 Å². The second-order valence-corrected chi connectivity index (χ2v) is 6.13. The Balaban J connectivity index is 1.69. The van der Waals surface area contributed by atoms with E-state index in [1.807, 2.05) is 5.51 Å². The SMILES string of the molecule is O=C(Nc1ccc(F)c(Cl)c1)C1CCc2ncsc2C1. The average Bonchev–Trinajstić information content (AvgIpc) is 2.90. The minimum absolute atomic E-state index is 0.0104. The summed E-state index contributed by atoms with van der Waals surface area (Å²) in [6.45, 7) is 0. The van der Waals surface area contributed by atoms with Crippen molar-refractivity contribution < 1.29 is 9.18 Å². The van der Waals surface area contributed by atoms with Crippen LogP contribution < -0.4 is 5.32 Å². The van der Waals surface area contributed by atoms with E-state index in [9.17, 15) is 9.18 Å². The third-order valence-corrected chi connectivity index (χ3v) is 4.63. The summed E-state index contributed by atoms with van der Waals surface area (Å²) in [6.07, 6.45) is 2.35. The van der Waals surface area contributed by atoms with Gasteiger partial charge in [0.05, 0.1) is 16.2 Å². The fourth-order valence-corrected chi connectivity index (χ4v) is 3.42. The normalized spacial score (nSPS) is 17.6. The summed E-state index contributed by atoms with van der Waals surface area (Å²) in [5.41, 5.74) is 3.46. The van der Waals surface area contributed by atoms with E-state index < -0.39 is 5.82 Å². The van der Waals surface area contributed by atoms with Crippen LogP contribution in [-0.2, 0) is 17.6 Å². The van der Waals surface area contributed by atoms with Crippen LogP contribution in [0.15, 0.2) is 23.7 Å². The number of amides is 1. The van der Waals surface area contributed by atoms with Crippen molar-refractivity contribution in [1.29, 1.82) is 0 Å². The average molecular weight is 311 g/mol. The topological polar surface area (TPSA) is 42.0 Å². The molecule has 6 heteroatoms. The monoisotopic (exact) mass is 310 g/mol. The molecule has 1 amide bonds. The number of anilines is 1. The molecule has 1 aromatic heterocycles. The first kappa shape index (κ1) is 13.5. The second-order valence-electron chi connectivity index (χ2n) is 4.78. The lowest BCUT2D eigenvalue weighted by Crippen LogP contribution is -2.27. The van der Waals surface area contributed by atoms with E-state index in [0.29, 0.717) is 5.69 Å². The molecule has 0 bridgehead atoms. The Kier molecular flexibility index (Phi) is 3.72. The number of hydrogen-bond acceptors (Lipinski definition) is 3. The smallest absolute Gasteiger partial charge is 0.227 e. The standard InChI is InChI=1S/C14H12ClFN2OS/c15-10-6-9(2-3-11(10)16)18-14(19)8-1-4-12-13(5-8)20-7-17-12/h2-3,6-8H,1,4-5H2,(H,18,19). The number of carbonyl (C=O) groups is 1. The lowest BCUT2D eigenvalue weighted by Gasteiger charge is -2.20. The van der Waals surface area contributed by atoms with E-state index in [4.69, 9.17) is 11.6 Å². The van der Waals surface area contributed by atoms with Gasteiger partial charge < -0.3 is 5.32 Å². The first-order chi connectivity index (χ1) is 9.63. The van der Waals surface area contributed by atoms with Crippen LogP contribution in [-0.4, -0.2) is 10.9 Å². The second kappa shape index (κ2) is 5.50. The third kappa shape index (κ3) is 2.69. The maximum absolute atomic E-state index is 13.1. The highest BCUT2D eigenvalue weighted by atomic mass is 35.5. The zero-order valence-corrected chi connectivity index (χ0v) is 12.1. The fourth-order valence-electron chi connectivity index (χ4n) is 2.34. The van der Waals surface area contributed by atoms with Gasteiger partial charge in [-0.05, 0) is 37.5 Å². The van der Waals surface area contributed by atoms with E-state index in [0.717, 1.165) is 25.0 Å². The van der Waals surface area contributed by atoms with Gasteiger partial charge in [0.2, 0.25) is 5.91 Å². The third-order valence-electron chi connectivity index (χ3n) is 3.44. The number of nitrogens with zero attached hydrogens (tertiary/aromatic N) is 1. The van der Waals surface area contributed by atoms with Crippen LogP contribution in [0.2, 0.25) is 5.02 Å². The highest BCUT2D eigenvalue weighted by molar-refractivity contribution is 7.09. The number of halogens is 2. The summed E-state index contributed by atoms with van der Waals surface area (Å²) < 4.78 is 13.1. The summed E-state index contributed by atoms with van der Waals surface area (Å²) in [7, 11) is 0. The first-order valence-corrected chi connectivity index (χ1v) is 7.56. The van der Waals surface area contributed by atoms with Gasteiger partial charge in [-0.15, -0.1) is 11.3 Å². The molecule has 3 nitrogen and oxygen atoms in total. The molecule has 0 spiro atoms. The van der Waals surface area contributed by atoms with Crippen molar-refractivity contribution in [2.45, 2.75) is 19.3 Å². The lowest BCUT2D eigenvalue weighted by atomic mass is 9.90. The molecule has 0 fully saturated rings. The summed E-state index contributed by atoms with van der Waals surface area (Å²) in [6, 6.07) is 4.19. The maximum atomic E-state index is 13.1. The van der Waals surface area contributed by atoms with Crippen molar-refractivity contribution in [3.05, 3.63) is 45.1 Å². The van der Waals surface area contributed by atoms with Gasteiger partial charge in [-0.1, -0.05) is 11.6 Å². The molecule has 1 aromatic carbocycles. The number of carbonyl (C=O) groups excluding carboxylic acids is 1. The Morgan fingerprint density at radius 1 is 1.50 bits per heavy atom. The highest BCUT2D eigenvalue weighted by Gasteiger charge is 2.26. The Hall–Kier alpha value is -1.46. The molecule has 3 rings (SSSR count). The zero-order chi connectivity index (χ0) is 14.1. The number of benzene rings is 1. The molecular formula is C14H12ClFN2OS. The Bertz CT molecular complexity index is 658. The van der Waals surface area contributed by atoms with Crippen LogP contribution in [0, 0.1) is 11.7 Å². The van der Waals surface area contributed by atoms with Crippen molar-refractivity contribution in [3.63, 3.8) is 0 Å². The number of aromatic nitrogens is 1. The molecule has 2 aromatic rings. The van der Waals surface area contributed by atoms with E-state index in [1.54, 1.807) is 11.3 Å². The van der Waals surface area contributed by atoms with Crippen molar-refractivity contribution in [2.24, 2.45) is 5.92 Å². The van der Waals surface area contributed by atoms with Gasteiger partial charge in [0.25, 0.3) is 0 Å². The van der Waals surface area contributed by atoms with Gasteiger partial charge >= 0.3 is 0 Å². The van der Waals surface area contributed by atoms with E-state index >= 15 is 0 Å². The molecule has 1 N–H and O–H groups in total. The van der Waals surface area contributed by atoms with Crippen LogP contribution in [0.1, 0.15) is 17.0 Å². The van der Waals surface area contributed by atoms with Crippen LogP contribution >= 0.6 is 22.9 Å². The molecule has 0 radical (unpaired) electrons. The Labute approximate surface area is 124 Å². The zero-order valence-electron chi connectivity index (χ0n) is 10.5. The number of rotatable bonds is 2. The predicted octanol–water partition coefficient (Wildman–Crippen LogP) is 3.68. The van der Waals surface area contributed by atoms with Gasteiger partial charge in [0, 0.05) is 16.5 Å². The van der Waals surface area contributed by atoms with Crippen molar-refractivity contribution >= 4 is 34.5 Å². The Morgan fingerprint density at radius 2 is 2.35 bits per heavy atom. The molecule has 104 valence electrons. The summed E-state index contributed by atoms with van der Waals surface area (Å²) in [5.74, 6) is -0.602. The Morgan fingerprint density at radius 3 is 3.15 bits per heavy atom. The molecule has 20 heavy (non-hydrogen) atoms. The molecule has 1 heterocycles. The van der Waals surface area contributed by atoms with Gasteiger partial charge in [-0.25, -0.2) is 9.37 Å². The van der Waals surface area contributed by atoms with Gasteiger partial charge in [-0.3, -0.25) is 4.79 Å². The quantitative estimate of drug-likeness (QED) is 0.919.